The van der Waals surface area contributed by atoms with Crippen LogP contribution in [0.15, 0.2) is 11.6 Å². The number of fused-ring (bicyclic) bond motifs is 1. The molecule has 2 aliphatic rings. The van der Waals surface area contributed by atoms with Gasteiger partial charge >= 0.3 is 0 Å². The Balaban J connectivity index is 2.12. The summed E-state index contributed by atoms with van der Waals surface area (Å²) in [6.07, 6.45) is 5.24. The van der Waals surface area contributed by atoms with Crippen LogP contribution in [0.5, 0.6) is 0 Å². The molecule has 1 aliphatic carbocycles. The average Bonchev–Trinajstić information content (AvgIpc) is 1.85. The quantitative estimate of drug-likeness (QED) is 0.500. The van der Waals surface area contributed by atoms with Crippen LogP contribution in [0, 0.1) is 5.92 Å². The number of rotatable bonds is 0. The van der Waals surface area contributed by atoms with Crippen LogP contribution >= 0.6 is 11.8 Å². The van der Waals surface area contributed by atoms with Gasteiger partial charge in [-0.05, 0) is 25.7 Å². The highest BCUT2D eigenvalue weighted by Crippen LogP contribution is 2.56. The third-order valence-corrected chi connectivity index (χ3v) is 4.67. The second-order valence-corrected chi connectivity index (χ2v) is 6.18. The highest BCUT2D eigenvalue weighted by Gasteiger charge is 2.47. The predicted molar refractivity (Wildman–Crippen MR) is 51.9 cm³/mol. The van der Waals surface area contributed by atoms with E-state index in [1.165, 1.54) is 12.8 Å². The zero-order valence-corrected chi connectivity index (χ0v) is 8.37. The van der Waals surface area contributed by atoms with Crippen molar-refractivity contribution < 1.29 is 0 Å². The van der Waals surface area contributed by atoms with Gasteiger partial charge in [-0.1, -0.05) is 25.5 Å². The van der Waals surface area contributed by atoms with Crippen molar-refractivity contribution in [2.24, 2.45) is 5.92 Å². The van der Waals surface area contributed by atoms with Gasteiger partial charge in [0.25, 0.3) is 0 Å². The second kappa shape index (κ2) is 2.29. The van der Waals surface area contributed by atoms with Gasteiger partial charge in [-0.15, -0.1) is 11.8 Å². The van der Waals surface area contributed by atoms with Gasteiger partial charge < -0.3 is 0 Å². The summed E-state index contributed by atoms with van der Waals surface area (Å²) in [5.41, 5.74) is 1.61. The van der Waals surface area contributed by atoms with Crippen LogP contribution in [0.25, 0.3) is 0 Å². The number of thioether (sulfide) groups is 1. The van der Waals surface area contributed by atoms with Gasteiger partial charge in [-0.3, -0.25) is 0 Å². The van der Waals surface area contributed by atoms with Gasteiger partial charge in [-0.2, -0.15) is 0 Å². The van der Waals surface area contributed by atoms with Crippen LogP contribution < -0.4 is 0 Å². The summed E-state index contributed by atoms with van der Waals surface area (Å²) in [5, 5.41) is 0.860. The van der Waals surface area contributed by atoms with E-state index in [0.29, 0.717) is 4.75 Å². The molecule has 2 atom stereocenters. The molecule has 0 saturated carbocycles. The zero-order chi connectivity index (χ0) is 8.06. The van der Waals surface area contributed by atoms with Crippen molar-refractivity contribution in [2.75, 3.05) is 0 Å². The Kier molecular flexibility index (Phi) is 1.61. The highest BCUT2D eigenvalue weighted by atomic mass is 32.2. The third kappa shape index (κ3) is 1.14. The molecule has 1 aliphatic heterocycles. The fraction of sp³-hybridized carbons (Fsp3) is 0.800. The number of hydrogen-bond acceptors (Lipinski definition) is 1. The van der Waals surface area contributed by atoms with Crippen molar-refractivity contribution in [3.05, 3.63) is 11.6 Å². The molecular formula is C10H16S. The minimum absolute atomic E-state index is 0.571. The monoisotopic (exact) mass is 168 g/mol. The number of allylic oxidation sites excluding steroid dienone is 1. The Morgan fingerprint density at radius 2 is 2.27 bits per heavy atom. The Morgan fingerprint density at radius 3 is 2.82 bits per heavy atom. The molecular weight excluding hydrogens is 152 g/mol. The zero-order valence-electron chi connectivity index (χ0n) is 7.55. The normalized spacial score (nSPS) is 40.5. The first kappa shape index (κ1) is 7.72. The van der Waals surface area contributed by atoms with Crippen LogP contribution in [0.3, 0.4) is 0 Å². The fourth-order valence-electron chi connectivity index (χ4n) is 2.25. The largest absolute Gasteiger partial charge is 0.147 e. The predicted octanol–water partition coefficient (Wildman–Crippen LogP) is 3.24. The summed E-state index contributed by atoms with van der Waals surface area (Å²) < 4.78 is 0.571. The van der Waals surface area contributed by atoms with E-state index in [0.717, 1.165) is 11.2 Å². The maximum absolute atomic E-state index is 2.48. The molecule has 1 heteroatoms. The lowest BCUT2D eigenvalue weighted by molar-refractivity contribution is 0.353. The summed E-state index contributed by atoms with van der Waals surface area (Å²) in [7, 11) is 0. The Labute approximate surface area is 73.4 Å². The molecule has 2 rings (SSSR count). The van der Waals surface area contributed by atoms with E-state index in [-0.39, 0.29) is 0 Å². The van der Waals surface area contributed by atoms with Crippen molar-refractivity contribution in [1.82, 2.24) is 0 Å². The summed E-state index contributed by atoms with van der Waals surface area (Å²) in [4.78, 5) is 0. The molecule has 2 unspecified atom stereocenters. The lowest BCUT2D eigenvalue weighted by Crippen LogP contribution is -2.47. The Morgan fingerprint density at radius 1 is 1.55 bits per heavy atom. The molecule has 0 aromatic heterocycles. The average molecular weight is 168 g/mol. The molecule has 1 saturated heterocycles. The fourth-order valence-corrected chi connectivity index (χ4v) is 4.11. The molecule has 0 aromatic carbocycles. The van der Waals surface area contributed by atoms with E-state index >= 15 is 0 Å². The molecule has 0 aromatic rings. The molecule has 0 nitrogen and oxygen atoms in total. The summed E-state index contributed by atoms with van der Waals surface area (Å²) >= 11 is 2.14. The lowest BCUT2D eigenvalue weighted by atomic mass is 9.80. The summed E-state index contributed by atoms with van der Waals surface area (Å²) in [5.74, 6) is 0.969. The van der Waals surface area contributed by atoms with Gasteiger partial charge in [0.15, 0.2) is 0 Å². The van der Waals surface area contributed by atoms with Gasteiger partial charge in [0, 0.05) is 10.00 Å². The Hall–Kier alpha value is 0.0900. The van der Waals surface area contributed by atoms with Crippen molar-refractivity contribution in [2.45, 2.75) is 43.6 Å². The highest BCUT2D eigenvalue weighted by molar-refractivity contribution is 8.02. The van der Waals surface area contributed by atoms with Crippen LogP contribution in [-0.2, 0) is 0 Å². The topological polar surface area (TPSA) is 0 Å². The minimum atomic E-state index is 0.571. The molecule has 0 radical (unpaired) electrons. The first-order chi connectivity index (χ1) is 5.09. The van der Waals surface area contributed by atoms with Crippen molar-refractivity contribution in [3.8, 4) is 0 Å². The van der Waals surface area contributed by atoms with Crippen molar-refractivity contribution >= 4 is 11.8 Å². The van der Waals surface area contributed by atoms with Crippen LogP contribution in [0.1, 0.15) is 33.6 Å². The molecule has 0 N–H and O–H groups in total. The van der Waals surface area contributed by atoms with E-state index < -0.39 is 0 Å². The van der Waals surface area contributed by atoms with Crippen molar-refractivity contribution in [3.63, 3.8) is 0 Å². The SMILES string of the molecule is CC1=CC2SC(C)(C)C2CC1. The van der Waals surface area contributed by atoms with E-state index in [9.17, 15) is 0 Å². The van der Waals surface area contributed by atoms with Gasteiger partial charge in [-0.25, -0.2) is 0 Å². The smallest absolute Gasteiger partial charge is 0.0276 e. The van der Waals surface area contributed by atoms with Crippen LogP contribution in [0.4, 0.5) is 0 Å². The Bertz CT molecular complexity index is 203. The van der Waals surface area contributed by atoms with E-state index in [1.54, 1.807) is 5.57 Å². The molecule has 0 amide bonds. The second-order valence-electron chi connectivity index (χ2n) is 4.34. The molecule has 1 fully saturated rings. The molecule has 1 heterocycles. The molecule has 11 heavy (non-hydrogen) atoms. The maximum atomic E-state index is 2.48. The number of hydrogen-bond donors (Lipinski definition) is 0. The van der Waals surface area contributed by atoms with Crippen LogP contribution in [-0.4, -0.2) is 10.00 Å². The molecule has 62 valence electrons. The first-order valence-corrected chi connectivity index (χ1v) is 5.33. The van der Waals surface area contributed by atoms with Gasteiger partial charge in [0.1, 0.15) is 0 Å². The lowest BCUT2D eigenvalue weighted by Gasteiger charge is -2.52. The van der Waals surface area contributed by atoms with Gasteiger partial charge in [0.05, 0.1) is 0 Å². The molecule has 0 spiro atoms. The van der Waals surface area contributed by atoms with E-state index in [1.807, 2.05) is 0 Å². The summed E-state index contributed by atoms with van der Waals surface area (Å²) in [6.45, 7) is 7.03. The third-order valence-electron chi connectivity index (χ3n) is 3.03. The first-order valence-electron chi connectivity index (χ1n) is 4.45. The molecule has 0 bridgehead atoms. The van der Waals surface area contributed by atoms with Crippen molar-refractivity contribution in [1.29, 1.82) is 0 Å². The minimum Gasteiger partial charge on any atom is -0.147 e. The standard InChI is InChI=1S/C10H16S/c1-7-4-5-8-9(6-7)11-10(8,2)3/h6,8-9H,4-5H2,1-3H3. The van der Waals surface area contributed by atoms with E-state index in [4.69, 9.17) is 0 Å². The summed E-state index contributed by atoms with van der Waals surface area (Å²) in [6, 6.07) is 0. The maximum Gasteiger partial charge on any atom is 0.0276 e. The van der Waals surface area contributed by atoms with Crippen LogP contribution in [0.2, 0.25) is 0 Å². The van der Waals surface area contributed by atoms with E-state index in [2.05, 4.69) is 38.6 Å². The van der Waals surface area contributed by atoms with Gasteiger partial charge in [0.2, 0.25) is 0 Å².